The molecule has 7 aromatic carbocycles. The molecule has 5 heteroatoms. The van der Waals surface area contributed by atoms with Gasteiger partial charge in [0, 0.05) is 16.7 Å². The fourth-order valence-corrected chi connectivity index (χ4v) is 6.85. The van der Waals surface area contributed by atoms with Crippen LogP contribution in [-0.4, -0.2) is 21.5 Å². The van der Waals surface area contributed by atoms with Crippen molar-refractivity contribution in [2.75, 3.05) is 6.54 Å². The minimum atomic E-state index is 0.613. The van der Waals surface area contributed by atoms with Gasteiger partial charge in [-0.25, -0.2) is 15.0 Å². The van der Waals surface area contributed by atoms with E-state index in [2.05, 4.69) is 109 Å². The van der Waals surface area contributed by atoms with E-state index in [0.29, 0.717) is 29.6 Å². The van der Waals surface area contributed by atoms with Crippen molar-refractivity contribution in [3.63, 3.8) is 0 Å². The maximum absolute atomic E-state index is 10.1. The Morgan fingerprint density at radius 1 is 0.463 bits per heavy atom. The first-order chi connectivity index (χ1) is 26.7. The lowest BCUT2D eigenvalue weighted by Gasteiger charge is -2.14. The largest absolute Gasteiger partial charge is 0.330 e. The summed E-state index contributed by atoms with van der Waals surface area (Å²) in [4.78, 5) is 14.8. The summed E-state index contributed by atoms with van der Waals surface area (Å²) in [7, 11) is 0. The van der Waals surface area contributed by atoms with E-state index in [1.54, 1.807) is 0 Å². The number of nitrogens with zero attached hydrogens (tertiary/aromatic N) is 4. The van der Waals surface area contributed by atoms with Crippen molar-refractivity contribution < 1.29 is 0 Å². The van der Waals surface area contributed by atoms with Crippen LogP contribution in [0.1, 0.15) is 17.5 Å². The smallest absolute Gasteiger partial charge is 0.164 e. The van der Waals surface area contributed by atoms with Crippen molar-refractivity contribution in [1.82, 2.24) is 15.0 Å². The summed E-state index contributed by atoms with van der Waals surface area (Å²) >= 11 is 0. The van der Waals surface area contributed by atoms with E-state index in [-0.39, 0.29) is 0 Å². The molecule has 0 aliphatic rings. The number of allylic oxidation sites excluding steroid dienone is 1. The lowest BCUT2D eigenvalue weighted by atomic mass is 9.89. The van der Waals surface area contributed by atoms with Crippen molar-refractivity contribution >= 4 is 10.8 Å². The Morgan fingerprint density at radius 2 is 0.981 bits per heavy atom. The van der Waals surface area contributed by atoms with Crippen LogP contribution in [0.25, 0.3) is 78.3 Å². The molecule has 0 saturated carbocycles. The predicted molar refractivity (Wildman–Crippen MR) is 221 cm³/mol. The number of rotatable bonds is 10. The normalized spacial score (nSPS) is 11.2. The van der Waals surface area contributed by atoms with Crippen LogP contribution in [0, 0.1) is 11.3 Å². The van der Waals surface area contributed by atoms with E-state index in [9.17, 15) is 5.26 Å². The van der Waals surface area contributed by atoms with Gasteiger partial charge in [-0.2, -0.15) is 5.26 Å². The molecule has 0 amide bonds. The summed E-state index contributed by atoms with van der Waals surface area (Å²) in [5.74, 6) is 1.87. The monoisotopic (exact) mass is 695 g/mol. The summed E-state index contributed by atoms with van der Waals surface area (Å²) in [5.41, 5.74) is 16.6. The molecule has 2 N–H and O–H groups in total. The van der Waals surface area contributed by atoms with E-state index < -0.39 is 0 Å². The molecular weight excluding hydrogens is 659 g/mol. The molecule has 0 unspecified atom stereocenters. The Kier molecular flexibility index (Phi) is 9.92. The average Bonchev–Trinajstić information content (AvgIpc) is 3.25. The number of hydrogen-bond acceptors (Lipinski definition) is 5. The minimum Gasteiger partial charge on any atom is -0.330 e. The minimum absolute atomic E-state index is 0.613. The van der Waals surface area contributed by atoms with E-state index in [4.69, 9.17) is 20.7 Å². The molecule has 0 aliphatic heterocycles. The number of aromatic nitrogens is 3. The molecule has 5 nitrogen and oxygen atoms in total. The fourth-order valence-electron chi connectivity index (χ4n) is 6.85. The van der Waals surface area contributed by atoms with E-state index in [0.717, 1.165) is 73.7 Å². The van der Waals surface area contributed by atoms with Gasteiger partial charge in [-0.05, 0) is 93.4 Å². The second-order valence-electron chi connectivity index (χ2n) is 13.2. The Bertz CT molecular complexity index is 2580. The first-order valence-electron chi connectivity index (χ1n) is 18.2. The van der Waals surface area contributed by atoms with Gasteiger partial charge in [0.1, 0.15) is 0 Å². The highest BCUT2D eigenvalue weighted by atomic mass is 15.0. The van der Waals surface area contributed by atoms with Crippen LogP contribution in [0.2, 0.25) is 0 Å². The molecule has 0 atom stereocenters. The Morgan fingerprint density at radius 3 is 1.59 bits per heavy atom. The quantitative estimate of drug-likeness (QED) is 0.144. The Hall–Kier alpha value is -7.00. The van der Waals surface area contributed by atoms with Gasteiger partial charge in [0.15, 0.2) is 17.5 Å². The maximum atomic E-state index is 10.1. The van der Waals surface area contributed by atoms with Crippen LogP contribution in [-0.2, 0) is 6.42 Å². The van der Waals surface area contributed by atoms with Crippen LogP contribution >= 0.6 is 0 Å². The number of benzene rings is 7. The lowest BCUT2D eigenvalue weighted by Crippen LogP contribution is -2.00. The molecule has 1 heterocycles. The standard InChI is InChI=1S/C49H37N5/c50-28-11-3-4-13-34-22-24-36(25-23-34)41-29-35(33-51)30-42(32-41)44-27-26-43(45-20-9-10-21-46(44)45)39-18-12-19-40(31-39)49-53-47(37-14-5-1-6-15-37)52-48(54-49)38-16-7-2-8-17-38/h1-10,12,14-27,29-32H,11,13,28,50H2/b4-3-. The van der Waals surface area contributed by atoms with Crippen LogP contribution < -0.4 is 5.73 Å². The van der Waals surface area contributed by atoms with Gasteiger partial charge in [-0.15, -0.1) is 0 Å². The van der Waals surface area contributed by atoms with Crippen LogP contribution in [0.5, 0.6) is 0 Å². The zero-order chi connectivity index (χ0) is 36.7. The Balaban J connectivity index is 1.18. The third kappa shape index (κ3) is 7.33. The van der Waals surface area contributed by atoms with E-state index in [1.165, 1.54) is 5.56 Å². The fraction of sp³-hybridized carbons (Fsp3) is 0.0612. The van der Waals surface area contributed by atoms with Crippen LogP contribution in [0.15, 0.2) is 176 Å². The number of hydrogen-bond donors (Lipinski definition) is 1. The first-order valence-corrected chi connectivity index (χ1v) is 18.2. The zero-order valence-electron chi connectivity index (χ0n) is 29.7. The highest BCUT2D eigenvalue weighted by Gasteiger charge is 2.15. The summed E-state index contributed by atoms with van der Waals surface area (Å²) in [6, 6.07) is 58.4. The van der Waals surface area contributed by atoms with Crippen molar-refractivity contribution in [1.29, 1.82) is 5.26 Å². The highest BCUT2D eigenvalue weighted by Crippen LogP contribution is 2.38. The first kappa shape index (κ1) is 34.1. The molecule has 8 rings (SSSR count). The molecule has 8 aromatic rings. The third-order valence-corrected chi connectivity index (χ3v) is 9.57. The molecule has 1 aromatic heterocycles. The molecular formula is C49H37N5. The molecule has 54 heavy (non-hydrogen) atoms. The Labute approximate surface area is 315 Å². The van der Waals surface area contributed by atoms with Crippen molar-refractivity contribution in [2.24, 2.45) is 5.73 Å². The van der Waals surface area contributed by atoms with Crippen LogP contribution in [0.4, 0.5) is 0 Å². The third-order valence-electron chi connectivity index (χ3n) is 9.57. The van der Waals surface area contributed by atoms with E-state index in [1.807, 2.05) is 72.8 Å². The van der Waals surface area contributed by atoms with Gasteiger partial charge in [0.05, 0.1) is 11.6 Å². The topological polar surface area (TPSA) is 88.5 Å². The molecule has 0 spiro atoms. The van der Waals surface area contributed by atoms with Gasteiger partial charge >= 0.3 is 0 Å². The van der Waals surface area contributed by atoms with Gasteiger partial charge in [-0.3, -0.25) is 0 Å². The molecule has 0 radical (unpaired) electrons. The zero-order valence-corrected chi connectivity index (χ0v) is 29.7. The van der Waals surface area contributed by atoms with Crippen LogP contribution in [0.3, 0.4) is 0 Å². The van der Waals surface area contributed by atoms with Crippen molar-refractivity contribution in [3.05, 3.63) is 187 Å². The summed E-state index contributed by atoms with van der Waals surface area (Å²) < 4.78 is 0. The summed E-state index contributed by atoms with van der Waals surface area (Å²) in [6.45, 7) is 0.659. The predicted octanol–water partition coefficient (Wildman–Crippen LogP) is 11.3. The van der Waals surface area contributed by atoms with E-state index >= 15 is 0 Å². The highest BCUT2D eigenvalue weighted by molar-refractivity contribution is 6.05. The summed E-state index contributed by atoms with van der Waals surface area (Å²) in [6.07, 6.45) is 6.04. The SMILES string of the molecule is N#Cc1cc(-c2ccc(C/C=C\CCN)cc2)cc(-c2ccc(-c3cccc(-c4nc(-c5ccccc5)nc(-c5ccccc5)n4)c3)c3ccccc23)c1. The number of fused-ring (bicyclic) bond motifs is 1. The second kappa shape index (κ2) is 15.7. The maximum Gasteiger partial charge on any atom is 0.164 e. The lowest BCUT2D eigenvalue weighted by molar-refractivity contribution is 1.00. The average molecular weight is 696 g/mol. The summed E-state index contributed by atoms with van der Waals surface area (Å²) in [5, 5.41) is 12.3. The van der Waals surface area contributed by atoms with Crippen molar-refractivity contribution in [3.8, 4) is 73.6 Å². The molecule has 0 saturated heterocycles. The molecule has 0 fully saturated rings. The van der Waals surface area contributed by atoms with Gasteiger partial charge in [0.2, 0.25) is 0 Å². The van der Waals surface area contributed by atoms with Gasteiger partial charge in [0.25, 0.3) is 0 Å². The van der Waals surface area contributed by atoms with Gasteiger partial charge in [-0.1, -0.05) is 152 Å². The van der Waals surface area contributed by atoms with Crippen molar-refractivity contribution in [2.45, 2.75) is 12.8 Å². The number of nitriles is 1. The molecule has 258 valence electrons. The molecule has 0 bridgehead atoms. The second-order valence-corrected chi connectivity index (χ2v) is 13.2. The molecule has 0 aliphatic carbocycles. The number of nitrogens with two attached hydrogens (primary N) is 1. The van der Waals surface area contributed by atoms with Gasteiger partial charge < -0.3 is 5.73 Å².